The van der Waals surface area contributed by atoms with E-state index >= 15 is 0 Å². The summed E-state index contributed by atoms with van der Waals surface area (Å²) in [5, 5.41) is 0. The summed E-state index contributed by atoms with van der Waals surface area (Å²) in [6, 6.07) is -0.106. The Kier molecular flexibility index (Phi) is 2.57. The van der Waals surface area contributed by atoms with Gasteiger partial charge in [0.05, 0.1) is 6.04 Å². The van der Waals surface area contributed by atoms with E-state index in [1.807, 2.05) is 0 Å². The van der Waals surface area contributed by atoms with Gasteiger partial charge in [-0.25, -0.2) is 0 Å². The highest BCUT2D eigenvalue weighted by Crippen LogP contribution is 2.30. The van der Waals surface area contributed by atoms with Crippen molar-refractivity contribution in [3.63, 3.8) is 0 Å². The van der Waals surface area contributed by atoms with Crippen molar-refractivity contribution < 1.29 is 9.59 Å². The first-order chi connectivity index (χ1) is 6.70. The molecule has 0 aromatic heterocycles. The minimum atomic E-state index is -0.106. The molecule has 1 aliphatic carbocycles. The molecule has 1 saturated heterocycles. The summed E-state index contributed by atoms with van der Waals surface area (Å²) in [4.78, 5) is 24.9. The van der Waals surface area contributed by atoms with Crippen molar-refractivity contribution in [2.45, 2.75) is 44.6 Å². The molecule has 1 aliphatic heterocycles. The average Bonchev–Trinajstić information content (AvgIpc) is 2.77. The minimum absolute atomic E-state index is 0.106. The minimum Gasteiger partial charge on any atom is -0.336 e. The fourth-order valence-electron chi connectivity index (χ4n) is 2.62. The normalized spacial score (nSPS) is 28.8. The molecule has 0 aromatic carbocycles. The third kappa shape index (κ3) is 1.56. The highest BCUT2D eigenvalue weighted by molar-refractivity contribution is 5.93. The van der Waals surface area contributed by atoms with E-state index in [0.717, 1.165) is 19.3 Å². The monoisotopic (exact) mass is 195 g/mol. The summed E-state index contributed by atoms with van der Waals surface area (Å²) in [6.07, 6.45) is 5.74. The molecular formula is C11H17NO2. The van der Waals surface area contributed by atoms with Crippen molar-refractivity contribution >= 4 is 11.7 Å². The first kappa shape index (κ1) is 9.69. The van der Waals surface area contributed by atoms with Gasteiger partial charge >= 0.3 is 0 Å². The Morgan fingerprint density at radius 1 is 1.29 bits per heavy atom. The molecule has 1 unspecified atom stereocenters. The van der Waals surface area contributed by atoms with E-state index in [2.05, 4.69) is 0 Å². The maximum atomic E-state index is 12.0. The van der Waals surface area contributed by atoms with Gasteiger partial charge in [-0.15, -0.1) is 0 Å². The second-order valence-electron chi connectivity index (χ2n) is 4.44. The van der Waals surface area contributed by atoms with Crippen LogP contribution >= 0.6 is 0 Å². The number of hydrogen-bond acceptors (Lipinski definition) is 2. The predicted molar refractivity (Wildman–Crippen MR) is 52.8 cm³/mol. The maximum Gasteiger partial charge on any atom is 0.223 e. The Labute approximate surface area is 84.5 Å². The van der Waals surface area contributed by atoms with Crippen LogP contribution in [0.4, 0.5) is 0 Å². The third-order valence-electron chi connectivity index (χ3n) is 3.58. The van der Waals surface area contributed by atoms with Crippen molar-refractivity contribution in [3.05, 3.63) is 0 Å². The van der Waals surface area contributed by atoms with Gasteiger partial charge in [-0.05, 0) is 19.3 Å². The van der Waals surface area contributed by atoms with Gasteiger partial charge < -0.3 is 4.90 Å². The van der Waals surface area contributed by atoms with Crippen LogP contribution in [0.5, 0.6) is 0 Å². The van der Waals surface area contributed by atoms with E-state index in [1.165, 1.54) is 12.8 Å². The Hall–Kier alpha value is -0.860. The molecule has 2 fully saturated rings. The second-order valence-corrected chi connectivity index (χ2v) is 4.44. The summed E-state index contributed by atoms with van der Waals surface area (Å²) >= 11 is 0. The highest BCUT2D eigenvalue weighted by atomic mass is 16.2. The van der Waals surface area contributed by atoms with Gasteiger partial charge in [-0.1, -0.05) is 12.8 Å². The molecule has 14 heavy (non-hydrogen) atoms. The lowest BCUT2D eigenvalue weighted by Gasteiger charge is -2.21. The summed E-state index contributed by atoms with van der Waals surface area (Å²) in [6.45, 7) is 0. The van der Waals surface area contributed by atoms with Crippen LogP contribution in [-0.2, 0) is 9.59 Å². The SMILES string of the molecule is CN1C(=O)CCC1C(=O)C1CCCC1. The van der Waals surface area contributed by atoms with Crippen molar-refractivity contribution in [3.8, 4) is 0 Å². The fraction of sp³-hybridized carbons (Fsp3) is 0.818. The van der Waals surface area contributed by atoms with Crippen molar-refractivity contribution in [1.29, 1.82) is 0 Å². The predicted octanol–water partition coefficient (Wildman–Crippen LogP) is 1.37. The topological polar surface area (TPSA) is 37.4 Å². The first-order valence-corrected chi connectivity index (χ1v) is 5.49. The molecule has 0 bridgehead atoms. The van der Waals surface area contributed by atoms with E-state index in [4.69, 9.17) is 0 Å². The lowest BCUT2D eigenvalue weighted by atomic mass is 9.95. The molecule has 3 heteroatoms. The molecule has 1 heterocycles. The summed E-state index contributed by atoms with van der Waals surface area (Å²) in [7, 11) is 1.76. The van der Waals surface area contributed by atoms with Gasteiger partial charge in [0.2, 0.25) is 5.91 Å². The molecule has 1 atom stereocenters. The smallest absolute Gasteiger partial charge is 0.223 e. The Balaban J connectivity index is 2.00. The van der Waals surface area contributed by atoms with E-state index in [-0.39, 0.29) is 17.9 Å². The Morgan fingerprint density at radius 3 is 2.43 bits per heavy atom. The number of Topliss-reactive ketones (excluding diaryl/α,β-unsaturated/α-hetero) is 1. The summed E-state index contributed by atoms with van der Waals surface area (Å²) in [5.41, 5.74) is 0. The van der Waals surface area contributed by atoms with Crippen molar-refractivity contribution in [1.82, 2.24) is 4.90 Å². The van der Waals surface area contributed by atoms with Crippen LogP contribution in [0.15, 0.2) is 0 Å². The molecule has 0 spiro atoms. The Bertz CT molecular complexity index is 256. The number of hydrogen-bond donors (Lipinski definition) is 0. The van der Waals surface area contributed by atoms with Crippen LogP contribution in [0.3, 0.4) is 0 Å². The molecule has 3 nitrogen and oxygen atoms in total. The highest BCUT2D eigenvalue weighted by Gasteiger charge is 2.37. The van der Waals surface area contributed by atoms with Gasteiger partial charge in [0.25, 0.3) is 0 Å². The number of carbonyl (C=O) groups is 2. The zero-order chi connectivity index (χ0) is 10.1. The van der Waals surface area contributed by atoms with Gasteiger partial charge in [0, 0.05) is 19.4 Å². The second kappa shape index (κ2) is 3.71. The Morgan fingerprint density at radius 2 is 1.93 bits per heavy atom. The van der Waals surface area contributed by atoms with E-state index < -0.39 is 0 Å². The first-order valence-electron chi connectivity index (χ1n) is 5.49. The van der Waals surface area contributed by atoms with E-state index in [0.29, 0.717) is 12.2 Å². The molecule has 2 aliphatic rings. The molecular weight excluding hydrogens is 178 g/mol. The average molecular weight is 195 g/mol. The molecule has 78 valence electrons. The number of amides is 1. The molecule has 2 rings (SSSR count). The molecule has 1 amide bonds. The number of rotatable bonds is 2. The van der Waals surface area contributed by atoms with Crippen LogP contribution in [0.25, 0.3) is 0 Å². The third-order valence-corrected chi connectivity index (χ3v) is 3.58. The zero-order valence-corrected chi connectivity index (χ0v) is 8.66. The van der Waals surface area contributed by atoms with E-state index in [1.54, 1.807) is 11.9 Å². The zero-order valence-electron chi connectivity index (χ0n) is 8.66. The standard InChI is InChI=1S/C11H17NO2/c1-12-9(6-7-10(12)13)11(14)8-4-2-3-5-8/h8-9H,2-7H2,1H3. The van der Waals surface area contributed by atoms with Crippen LogP contribution < -0.4 is 0 Å². The van der Waals surface area contributed by atoms with Crippen LogP contribution in [0.2, 0.25) is 0 Å². The largest absolute Gasteiger partial charge is 0.336 e. The number of likely N-dealkylation sites (N-methyl/N-ethyl adjacent to an activating group) is 1. The maximum absolute atomic E-state index is 12.0. The van der Waals surface area contributed by atoms with Gasteiger partial charge in [0.1, 0.15) is 0 Å². The van der Waals surface area contributed by atoms with Gasteiger partial charge in [-0.2, -0.15) is 0 Å². The van der Waals surface area contributed by atoms with Crippen LogP contribution in [0, 0.1) is 5.92 Å². The van der Waals surface area contributed by atoms with Gasteiger partial charge in [0.15, 0.2) is 5.78 Å². The lowest BCUT2D eigenvalue weighted by molar-refractivity contribution is -0.134. The van der Waals surface area contributed by atoms with Gasteiger partial charge in [-0.3, -0.25) is 9.59 Å². The lowest BCUT2D eigenvalue weighted by Crippen LogP contribution is -2.38. The van der Waals surface area contributed by atoms with Crippen LogP contribution in [0.1, 0.15) is 38.5 Å². The van der Waals surface area contributed by atoms with Crippen molar-refractivity contribution in [2.75, 3.05) is 7.05 Å². The molecule has 0 radical (unpaired) electrons. The summed E-state index contributed by atoms with van der Waals surface area (Å²) in [5.74, 6) is 0.686. The summed E-state index contributed by atoms with van der Waals surface area (Å²) < 4.78 is 0. The van der Waals surface area contributed by atoms with Crippen molar-refractivity contribution in [2.24, 2.45) is 5.92 Å². The number of carbonyl (C=O) groups excluding carboxylic acids is 2. The molecule has 0 N–H and O–H groups in total. The number of ketones is 1. The van der Waals surface area contributed by atoms with E-state index in [9.17, 15) is 9.59 Å². The molecule has 0 aromatic rings. The number of nitrogens with zero attached hydrogens (tertiary/aromatic N) is 1. The number of likely N-dealkylation sites (tertiary alicyclic amines) is 1. The molecule has 1 saturated carbocycles. The fourth-order valence-corrected chi connectivity index (χ4v) is 2.62. The quantitative estimate of drug-likeness (QED) is 0.667. The van der Waals surface area contributed by atoms with Crippen LogP contribution in [-0.4, -0.2) is 29.7 Å².